The maximum Gasteiger partial charge on any atom is 0.255 e. The highest BCUT2D eigenvalue weighted by atomic mass is 16.5. The fourth-order valence-electron chi connectivity index (χ4n) is 10.1. The third-order valence-corrected chi connectivity index (χ3v) is 12.7. The van der Waals surface area contributed by atoms with Crippen molar-refractivity contribution in [3.63, 3.8) is 0 Å². The van der Waals surface area contributed by atoms with Gasteiger partial charge in [-0.15, -0.1) is 0 Å². The van der Waals surface area contributed by atoms with Gasteiger partial charge < -0.3 is 18.6 Å². The highest BCUT2D eigenvalue weighted by molar-refractivity contribution is 6.98. The molecule has 0 amide bonds. The number of hydrogen-bond acceptors (Lipinski definition) is 2. The van der Waals surface area contributed by atoms with E-state index in [4.69, 9.17) is 9.47 Å². The van der Waals surface area contributed by atoms with Gasteiger partial charge in [0.1, 0.15) is 23.0 Å². The summed E-state index contributed by atoms with van der Waals surface area (Å²) < 4.78 is 18.9. The molecule has 0 aliphatic carbocycles. The van der Waals surface area contributed by atoms with Crippen LogP contribution in [-0.4, -0.2) is 23.1 Å². The Morgan fingerprint density at radius 2 is 0.983 bits per heavy atom. The van der Waals surface area contributed by atoms with E-state index in [1.54, 1.807) is 0 Å². The van der Waals surface area contributed by atoms with E-state index in [0.29, 0.717) is 0 Å². The molecule has 4 nitrogen and oxygen atoms in total. The molecule has 278 valence electrons. The Hall–Kier alpha value is -7.69. The summed E-state index contributed by atoms with van der Waals surface area (Å²) in [5, 5.41) is 4.93. The lowest BCUT2D eigenvalue weighted by molar-refractivity contribution is 0.469. The van der Waals surface area contributed by atoms with Crippen LogP contribution in [0.3, 0.4) is 0 Å². The molecule has 4 heterocycles. The molecule has 2 aromatic heterocycles. The van der Waals surface area contributed by atoms with Crippen molar-refractivity contribution in [2.75, 3.05) is 0 Å². The van der Waals surface area contributed by atoms with Gasteiger partial charge in [-0.05, 0) is 82.1 Å². The fourth-order valence-corrected chi connectivity index (χ4v) is 10.1. The van der Waals surface area contributed by atoms with Crippen molar-refractivity contribution >= 4 is 84.9 Å². The Labute approximate surface area is 347 Å². The first kappa shape index (κ1) is 33.3. The third-order valence-electron chi connectivity index (χ3n) is 12.7. The Bertz CT molecular complexity index is 3480. The number of hydrogen-bond donors (Lipinski definition) is 0. The molecule has 60 heavy (non-hydrogen) atoms. The normalized spacial score (nSPS) is 12.7. The van der Waals surface area contributed by atoms with Gasteiger partial charge in [-0.25, -0.2) is 0 Å². The maximum absolute atomic E-state index is 7.32. The number of nitrogens with zero attached hydrogens (tertiary/aromatic N) is 2. The summed E-state index contributed by atoms with van der Waals surface area (Å²) in [6, 6.07) is 71.9. The molecular weight excluding hydrogens is 730 g/mol. The van der Waals surface area contributed by atoms with Crippen LogP contribution in [0.2, 0.25) is 0 Å². The second kappa shape index (κ2) is 12.9. The number of aromatic nitrogens is 2. The first-order chi connectivity index (χ1) is 29.8. The van der Waals surface area contributed by atoms with Crippen molar-refractivity contribution in [2.24, 2.45) is 0 Å². The number of ether oxygens (including phenoxy) is 2. The third kappa shape index (κ3) is 4.88. The molecule has 0 spiro atoms. The molecule has 0 unspecified atom stereocenters. The van der Waals surface area contributed by atoms with Gasteiger partial charge in [0.25, 0.3) is 6.71 Å². The Balaban J connectivity index is 0.993. The first-order valence-electron chi connectivity index (χ1n) is 20.7. The molecule has 13 rings (SSSR count). The number of rotatable bonds is 4. The van der Waals surface area contributed by atoms with Crippen LogP contribution in [0.15, 0.2) is 200 Å². The van der Waals surface area contributed by atoms with Crippen LogP contribution < -0.4 is 36.8 Å². The zero-order valence-electron chi connectivity index (χ0n) is 32.5. The van der Waals surface area contributed by atoms with E-state index in [-0.39, 0.29) is 6.71 Å². The quantitative estimate of drug-likeness (QED) is 0.167. The van der Waals surface area contributed by atoms with Crippen LogP contribution in [0.5, 0.6) is 23.0 Å². The number of para-hydroxylation sites is 4. The van der Waals surface area contributed by atoms with Crippen molar-refractivity contribution < 1.29 is 9.47 Å². The van der Waals surface area contributed by atoms with Gasteiger partial charge in [-0.1, -0.05) is 145 Å². The average Bonchev–Trinajstić information content (AvgIpc) is 3.83. The van der Waals surface area contributed by atoms with E-state index < -0.39 is 0 Å². The highest BCUT2D eigenvalue weighted by Gasteiger charge is 2.39. The highest BCUT2D eigenvalue weighted by Crippen LogP contribution is 2.39. The summed E-state index contributed by atoms with van der Waals surface area (Å²) in [4.78, 5) is 0. The Morgan fingerprint density at radius 1 is 0.417 bits per heavy atom. The van der Waals surface area contributed by atoms with Gasteiger partial charge in [0.2, 0.25) is 7.28 Å². The van der Waals surface area contributed by atoms with E-state index in [9.17, 15) is 0 Å². The molecule has 6 heteroatoms. The fraction of sp³-hybridized carbons (Fsp3) is 0. The van der Waals surface area contributed by atoms with Crippen LogP contribution in [0.25, 0.3) is 66.1 Å². The molecule has 0 atom stereocenters. The zero-order chi connectivity index (χ0) is 39.3. The molecule has 11 aromatic rings. The van der Waals surface area contributed by atoms with Crippen LogP contribution in [-0.2, 0) is 0 Å². The van der Waals surface area contributed by atoms with Crippen LogP contribution in [0.1, 0.15) is 0 Å². The average molecular weight is 765 g/mol. The van der Waals surface area contributed by atoms with Crippen molar-refractivity contribution in [3.8, 4) is 45.5 Å². The number of fused-ring (bicyclic) bond motifs is 11. The predicted octanol–water partition coefficient (Wildman–Crippen LogP) is 9.66. The van der Waals surface area contributed by atoms with Gasteiger partial charge in [-0.3, -0.25) is 0 Å². The minimum atomic E-state index is -0.0597. The van der Waals surface area contributed by atoms with Gasteiger partial charge in [0, 0.05) is 44.4 Å². The van der Waals surface area contributed by atoms with E-state index in [1.165, 1.54) is 43.5 Å². The van der Waals surface area contributed by atoms with Crippen molar-refractivity contribution in [1.82, 2.24) is 9.13 Å². The minimum absolute atomic E-state index is 0.0597. The summed E-state index contributed by atoms with van der Waals surface area (Å²) in [5.41, 5.74) is 14.9. The SMILES string of the molecule is B1c2ccc(-n3c4ccccc4c4cc(-n5c6ccccc6c6ccccc65)ccc43)cc2Oc2c1c(-c1ccccc1)cc1c2B(c2ccccc2)c2ccccc2O1. The molecular formula is C54H34B2N2O2. The van der Waals surface area contributed by atoms with Crippen molar-refractivity contribution in [2.45, 2.75) is 0 Å². The summed E-state index contributed by atoms with van der Waals surface area (Å²) >= 11 is 0. The molecule has 0 fully saturated rings. The monoisotopic (exact) mass is 764 g/mol. The van der Waals surface area contributed by atoms with Gasteiger partial charge >= 0.3 is 0 Å². The molecule has 9 aromatic carbocycles. The first-order valence-corrected chi connectivity index (χ1v) is 20.7. The summed E-state index contributed by atoms with van der Waals surface area (Å²) in [7, 11) is 0.737. The lowest BCUT2D eigenvalue weighted by atomic mass is 9.35. The van der Waals surface area contributed by atoms with Gasteiger partial charge in [0.15, 0.2) is 0 Å². The van der Waals surface area contributed by atoms with Crippen molar-refractivity contribution in [3.05, 3.63) is 200 Å². The standard InChI is InChI=1S/C54H34B2N2O2/c1-3-15-34(16-4-1)41-33-51-53(56(35-17-5-2-6-18-35)44-22-10-14-26-49(44)59-51)54-52(41)55-43-29-27-37(32-50(43)60-54)58-47-25-13-9-21-40(47)42-31-36(28-30-48(42)58)57-45-23-11-7-19-38(45)39-20-8-12-24-46(39)57/h1-33,55H. The van der Waals surface area contributed by atoms with Gasteiger partial charge in [0.05, 0.1) is 22.1 Å². The largest absolute Gasteiger partial charge is 0.459 e. The Morgan fingerprint density at radius 3 is 1.70 bits per heavy atom. The van der Waals surface area contributed by atoms with E-state index in [2.05, 4.69) is 209 Å². The molecule has 0 bridgehead atoms. The summed E-state index contributed by atoms with van der Waals surface area (Å²) in [6.07, 6.45) is 0. The van der Waals surface area contributed by atoms with Crippen LogP contribution >= 0.6 is 0 Å². The molecule has 0 saturated carbocycles. The topological polar surface area (TPSA) is 28.3 Å². The molecule has 2 aliphatic heterocycles. The maximum atomic E-state index is 7.32. The summed E-state index contributed by atoms with van der Waals surface area (Å²) in [6.45, 7) is -0.0597. The Kier molecular flexibility index (Phi) is 7.16. The lowest BCUT2D eigenvalue weighted by Crippen LogP contribution is -2.57. The van der Waals surface area contributed by atoms with E-state index >= 15 is 0 Å². The van der Waals surface area contributed by atoms with Crippen LogP contribution in [0, 0.1) is 0 Å². The van der Waals surface area contributed by atoms with Crippen LogP contribution in [0.4, 0.5) is 0 Å². The molecule has 0 saturated heterocycles. The van der Waals surface area contributed by atoms with Crippen molar-refractivity contribution in [1.29, 1.82) is 0 Å². The zero-order valence-corrected chi connectivity index (χ0v) is 32.5. The summed E-state index contributed by atoms with van der Waals surface area (Å²) in [5.74, 6) is 3.47. The lowest BCUT2D eigenvalue weighted by Gasteiger charge is -2.33. The second-order valence-corrected chi connectivity index (χ2v) is 16.0. The smallest absolute Gasteiger partial charge is 0.255 e. The number of benzene rings is 9. The second-order valence-electron chi connectivity index (χ2n) is 16.0. The minimum Gasteiger partial charge on any atom is -0.459 e. The molecule has 0 radical (unpaired) electrons. The predicted molar refractivity (Wildman–Crippen MR) is 251 cm³/mol. The molecule has 0 N–H and O–H groups in total. The van der Waals surface area contributed by atoms with Gasteiger partial charge in [-0.2, -0.15) is 0 Å². The van der Waals surface area contributed by atoms with E-state index in [1.807, 2.05) is 0 Å². The molecule has 2 aliphatic rings. The van der Waals surface area contributed by atoms with E-state index in [0.717, 1.165) is 80.2 Å².